The average molecular weight is 142 g/mol. The van der Waals surface area contributed by atoms with E-state index in [9.17, 15) is 9.28 Å². The Bertz CT molecular complexity index is 87.4. The van der Waals surface area contributed by atoms with Crippen LogP contribution in [0, 0.1) is 0 Å². The minimum atomic E-state index is -1.19. The maximum Gasteiger partial charge on any atom is 0.454 e. The number of carbonyl (C=O) groups is 1. The molecule has 0 rings (SSSR count). The van der Waals surface area contributed by atoms with Crippen LogP contribution >= 0.6 is 11.8 Å². The molecule has 0 N–H and O–H groups in total. The fraction of sp³-hybridized carbons (Fsp3) is 0.667. The van der Waals surface area contributed by atoms with Crippen LogP contribution < -0.4 is 0 Å². The Morgan fingerprint density at radius 1 is 2.00 bits per heavy atom. The first-order valence-corrected chi connectivity index (χ1v) is 2.30. The van der Waals surface area contributed by atoms with Crippen molar-refractivity contribution in [3.8, 4) is 0 Å². The highest BCUT2D eigenvalue weighted by Gasteiger charge is 2.08. The first-order chi connectivity index (χ1) is 3.68. The van der Waals surface area contributed by atoms with Crippen LogP contribution in [0.1, 0.15) is 6.92 Å². The van der Waals surface area contributed by atoms with Crippen molar-refractivity contribution in [2.75, 3.05) is 6.61 Å². The van der Waals surface area contributed by atoms with Gasteiger partial charge in [-0.15, -0.1) is 0 Å². The summed E-state index contributed by atoms with van der Waals surface area (Å²) in [6.45, 7) is 1.67. The van der Waals surface area contributed by atoms with Crippen molar-refractivity contribution < 1.29 is 14.0 Å². The van der Waals surface area contributed by atoms with Gasteiger partial charge in [0, 0.05) is 0 Å². The molecule has 0 radical (unpaired) electrons. The lowest BCUT2D eigenvalue weighted by atomic mass is 10.9. The predicted octanol–water partition coefficient (Wildman–Crippen LogP) is 1.48. The van der Waals surface area contributed by atoms with Crippen LogP contribution in [0.15, 0.2) is 0 Å². The Kier molecular flexibility index (Phi) is 3.26. The lowest BCUT2D eigenvalue weighted by molar-refractivity contribution is 0.0741. The molecule has 1 amide bonds. The molecule has 8 heavy (non-hydrogen) atoms. The smallest absolute Gasteiger partial charge is 0.447 e. The second-order valence-electron chi connectivity index (χ2n) is 0.932. The van der Waals surface area contributed by atoms with Crippen LogP contribution in [0.2, 0.25) is 0 Å². The molecule has 0 heterocycles. The van der Waals surface area contributed by atoms with Gasteiger partial charge in [0.25, 0.3) is 0 Å². The van der Waals surface area contributed by atoms with E-state index in [1.54, 1.807) is 6.92 Å². The number of hydrogen-bond donors (Lipinski definition) is 0. The molecular weight excluding hydrogens is 136 g/mol. The molecule has 0 aliphatic heterocycles. The van der Waals surface area contributed by atoms with Gasteiger partial charge < -0.3 is 4.74 Å². The van der Waals surface area contributed by atoms with Crippen LogP contribution in [0.25, 0.3) is 0 Å². The van der Waals surface area contributed by atoms with E-state index >= 15 is 0 Å². The van der Waals surface area contributed by atoms with E-state index in [1.807, 2.05) is 0 Å². The lowest BCUT2D eigenvalue weighted by Gasteiger charge is -1.99. The van der Waals surface area contributed by atoms with Gasteiger partial charge in [-0.2, -0.15) is 0 Å². The molecule has 0 saturated heterocycles. The summed E-state index contributed by atoms with van der Waals surface area (Å²) in [7, 11) is 0. The third-order valence-corrected chi connectivity index (χ3v) is 0.544. The quantitative estimate of drug-likeness (QED) is 0.518. The van der Waals surface area contributed by atoms with Gasteiger partial charge in [0.2, 0.25) is 0 Å². The summed E-state index contributed by atoms with van der Waals surface area (Å²) in [6, 6.07) is 0. The highest BCUT2D eigenvalue weighted by atomic mass is 35.5. The van der Waals surface area contributed by atoms with E-state index in [2.05, 4.69) is 16.5 Å². The molecule has 0 atom stereocenters. The summed E-state index contributed by atoms with van der Waals surface area (Å²) < 4.78 is 14.9. The van der Waals surface area contributed by atoms with Crippen molar-refractivity contribution >= 4 is 17.9 Å². The molecule has 0 aromatic rings. The number of nitrogens with zero attached hydrogens (tertiary/aromatic N) is 1. The second kappa shape index (κ2) is 3.49. The largest absolute Gasteiger partial charge is 0.454 e. The standard InChI is InChI=1S/C3H5ClFNO2/c1-2-8-3(7)6(4)5/h2H2,1H3. The summed E-state index contributed by atoms with van der Waals surface area (Å²) in [4.78, 5) is 9.94. The Morgan fingerprint density at radius 3 is 2.62 bits per heavy atom. The summed E-state index contributed by atoms with van der Waals surface area (Å²) >= 11 is 4.50. The fourth-order valence-electron chi connectivity index (χ4n) is 0.172. The van der Waals surface area contributed by atoms with Gasteiger partial charge in [-0.25, -0.2) is 4.79 Å². The van der Waals surface area contributed by atoms with Gasteiger partial charge in [0.1, 0.15) is 0 Å². The van der Waals surface area contributed by atoms with Gasteiger partial charge >= 0.3 is 6.09 Å². The number of rotatable bonds is 1. The SMILES string of the molecule is CCOC(=O)N(F)Cl. The zero-order valence-corrected chi connectivity index (χ0v) is 4.98. The zero-order chi connectivity index (χ0) is 6.57. The van der Waals surface area contributed by atoms with E-state index in [1.165, 1.54) is 0 Å². The van der Waals surface area contributed by atoms with E-state index in [-0.39, 0.29) is 6.61 Å². The highest BCUT2D eigenvalue weighted by molar-refractivity contribution is 6.19. The summed E-state index contributed by atoms with van der Waals surface area (Å²) in [5.41, 5.74) is 0. The summed E-state index contributed by atoms with van der Waals surface area (Å²) in [5, 5.41) is 0. The predicted molar refractivity (Wildman–Crippen MR) is 25.8 cm³/mol. The minimum Gasteiger partial charge on any atom is -0.447 e. The van der Waals surface area contributed by atoms with Crippen LogP contribution in [0.5, 0.6) is 0 Å². The van der Waals surface area contributed by atoms with Gasteiger partial charge in [0.15, 0.2) is 0 Å². The maximum atomic E-state index is 11.4. The summed E-state index contributed by atoms with van der Waals surface area (Å²) in [6.07, 6.45) is -1.19. The molecule has 0 spiro atoms. The molecule has 3 nitrogen and oxygen atoms in total. The Hall–Kier alpha value is -0.510. The molecule has 0 aromatic carbocycles. The maximum absolute atomic E-state index is 11.4. The van der Waals surface area contributed by atoms with Crippen molar-refractivity contribution in [1.29, 1.82) is 0 Å². The Balaban J connectivity index is 3.33. The van der Waals surface area contributed by atoms with Crippen LogP contribution in [-0.4, -0.2) is 17.3 Å². The van der Waals surface area contributed by atoms with Gasteiger partial charge in [-0.3, -0.25) is 0 Å². The molecule has 0 unspecified atom stereocenters. The molecule has 48 valence electrons. The van der Waals surface area contributed by atoms with E-state index in [0.717, 1.165) is 0 Å². The molecule has 0 aromatic heterocycles. The Morgan fingerprint density at radius 2 is 2.50 bits per heavy atom. The van der Waals surface area contributed by atoms with E-state index in [0.29, 0.717) is 0 Å². The lowest BCUT2D eigenvalue weighted by Crippen LogP contribution is -2.13. The van der Waals surface area contributed by atoms with Crippen molar-refractivity contribution in [2.45, 2.75) is 6.92 Å². The first kappa shape index (κ1) is 7.49. The molecular formula is C3H5ClFNO2. The first-order valence-electron chi connectivity index (χ1n) is 1.97. The van der Waals surface area contributed by atoms with E-state index in [4.69, 9.17) is 0 Å². The number of hydrogen-bond acceptors (Lipinski definition) is 2. The van der Waals surface area contributed by atoms with Crippen LogP contribution in [-0.2, 0) is 4.74 Å². The van der Waals surface area contributed by atoms with Gasteiger partial charge in [-0.1, -0.05) is 4.48 Å². The summed E-state index contributed by atoms with van der Waals surface area (Å²) in [5.74, 6) is 0. The van der Waals surface area contributed by atoms with Gasteiger partial charge in [0.05, 0.1) is 18.4 Å². The molecule has 0 aliphatic rings. The molecule has 0 fully saturated rings. The number of halogens is 2. The van der Waals surface area contributed by atoms with Crippen molar-refractivity contribution in [3.05, 3.63) is 0 Å². The number of carbonyl (C=O) groups excluding carboxylic acids is 1. The van der Waals surface area contributed by atoms with Crippen LogP contribution in [0.3, 0.4) is 0 Å². The fourth-order valence-corrected chi connectivity index (χ4v) is 0.221. The van der Waals surface area contributed by atoms with E-state index < -0.39 is 10.7 Å². The second-order valence-corrected chi connectivity index (χ2v) is 1.23. The molecule has 0 saturated carbocycles. The average Bonchev–Trinajstić information content (AvgIpc) is 1.67. The van der Waals surface area contributed by atoms with Crippen molar-refractivity contribution in [3.63, 3.8) is 0 Å². The molecule has 0 aliphatic carbocycles. The zero-order valence-electron chi connectivity index (χ0n) is 4.23. The normalized spacial score (nSPS) is 8.38. The highest BCUT2D eigenvalue weighted by Crippen LogP contribution is 1.96. The van der Waals surface area contributed by atoms with Crippen molar-refractivity contribution in [1.82, 2.24) is 4.64 Å². The monoisotopic (exact) mass is 141 g/mol. The Labute approximate surface area is 51.0 Å². The third kappa shape index (κ3) is 2.63. The molecule has 5 heteroatoms. The minimum absolute atomic E-state index is 0.117. The topological polar surface area (TPSA) is 29.5 Å². The number of amides is 1. The number of ether oxygens (including phenoxy) is 1. The van der Waals surface area contributed by atoms with Gasteiger partial charge in [-0.05, 0) is 11.6 Å². The van der Waals surface area contributed by atoms with Crippen LogP contribution in [0.4, 0.5) is 9.28 Å². The third-order valence-electron chi connectivity index (χ3n) is 0.406. The van der Waals surface area contributed by atoms with Crippen molar-refractivity contribution in [2.24, 2.45) is 0 Å². The molecule has 0 bridgehead atoms.